The number of aromatic nitrogens is 5. The summed E-state index contributed by atoms with van der Waals surface area (Å²) in [7, 11) is 0. The summed E-state index contributed by atoms with van der Waals surface area (Å²) in [5, 5.41) is 5.55. The van der Waals surface area contributed by atoms with Gasteiger partial charge in [0, 0.05) is 55.1 Å². The van der Waals surface area contributed by atoms with Gasteiger partial charge in [-0.2, -0.15) is 4.98 Å². The molecule has 6 rings (SSSR count). The molecule has 0 bridgehead atoms. The Labute approximate surface area is 204 Å². The molecule has 4 aromatic rings. The van der Waals surface area contributed by atoms with Crippen LogP contribution in [0.3, 0.4) is 0 Å². The summed E-state index contributed by atoms with van der Waals surface area (Å²) in [6.45, 7) is 7.38. The lowest BCUT2D eigenvalue weighted by molar-refractivity contribution is -0.130. The number of nitrogens with zero attached hydrogens (tertiary/aromatic N) is 6. The normalized spacial score (nSPS) is 22.4. The quantitative estimate of drug-likeness (QED) is 0.436. The van der Waals surface area contributed by atoms with Crippen molar-refractivity contribution in [2.24, 2.45) is 5.92 Å². The van der Waals surface area contributed by atoms with Crippen LogP contribution in [0.15, 0.2) is 36.8 Å². The van der Waals surface area contributed by atoms with Crippen molar-refractivity contribution in [1.82, 2.24) is 29.4 Å². The van der Waals surface area contributed by atoms with Crippen LogP contribution in [0.25, 0.3) is 21.9 Å². The molecule has 1 amide bonds. The van der Waals surface area contributed by atoms with Gasteiger partial charge < -0.3 is 14.8 Å². The van der Waals surface area contributed by atoms with Gasteiger partial charge in [-0.05, 0) is 49.3 Å². The van der Waals surface area contributed by atoms with E-state index < -0.39 is 0 Å². The fourth-order valence-corrected chi connectivity index (χ4v) is 5.77. The van der Waals surface area contributed by atoms with Gasteiger partial charge in [-0.3, -0.25) is 9.78 Å². The maximum absolute atomic E-state index is 11.9. The van der Waals surface area contributed by atoms with Crippen LogP contribution >= 0.6 is 0 Å². The highest BCUT2D eigenvalue weighted by Gasteiger charge is 2.26. The van der Waals surface area contributed by atoms with Crippen molar-refractivity contribution < 1.29 is 4.79 Å². The third kappa shape index (κ3) is 3.90. The number of amides is 1. The van der Waals surface area contributed by atoms with Crippen molar-refractivity contribution in [2.45, 2.75) is 65.0 Å². The number of anilines is 2. The summed E-state index contributed by atoms with van der Waals surface area (Å²) in [4.78, 5) is 32.7. The third-order valence-corrected chi connectivity index (χ3v) is 7.72. The number of hydrogen-bond acceptors (Lipinski definition) is 6. The minimum Gasteiger partial charge on any atom is -0.338 e. The maximum Gasteiger partial charge on any atom is 0.230 e. The molecule has 0 radical (unpaired) electrons. The summed E-state index contributed by atoms with van der Waals surface area (Å²) in [6.07, 6.45) is 10.5. The molecule has 35 heavy (non-hydrogen) atoms. The second-order valence-corrected chi connectivity index (χ2v) is 10.3. The van der Waals surface area contributed by atoms with Gasteiger partial charge in [0.15, 0.2) is 0 Å². The Morgan fingerprint density at radius 2 is 1.86 bits per heavy atom. The summed E-state index contributed by atoms with van der Waals surface area (Å²) < 4.78 is 2.38. The van der Waals surface area contributed by atoms with Crippen molar-refractivity contribution in [1.29, 1.82) is 0 Å². The number of nitrogens with one attached hydrogen (secondary N) is 1. The Balaban J connectivity index is 1.36. The molecule has 1 saturated carbocycles. The van der Waals surface area contributed by atoms with E-state index in [1.807, 2.05) is 29.6 Å². The third-order valence-electron chi connectivity index (χ3n) is 7.72. The van der Waals surface area contributed by atoms with Crippen LogP contribution < -0.4 is 5.32 Å². The van der Waals surface area contributed by atoms with E-state index in [9.17, 15) is 4.79 Å². The van der Waals surface area contributed by atoms with Gasteiger partial charge in [-0.1, -0.05) is 19.9 Å². The average molecular weight is 470 g/mol. The SMILES string of the molecule is CC(=O)N1Cc2ccc(Nc3ncc4c5ccncc5n(C5CCC(C)CC5)c4n3)nc2[C@@H](C)C1. The predicted octanol–water partition coefficient (Wildman–Crippen LogP) is 5.33. The molecule has 1 aliphatic carbocycles. The van der Waals surface area contributed by atoms with E-state index in [4.69, 9.17) is 9.97 Å². The van der Waals surface area contributed by atoms with Crippen molar-refractivity contribution in [3.05, 3.63) is 48.0 Å². The number of fused-ring (bicyclic) bond motifs is 4. The topological polar surface area (TPSA) is 88.8 Å². The molecule has 0 aromatic carbocycles. The molecular formula is C27H31N7O. The number of carbonyl (C=O) groups is 1. The van der Waals surface area contributed by atoms with Crippen LogP contribution in [-0.2, 0) is 11.3 Å². The van der Waals surface area contributed by atoms with E-state index in [0.29, 0.717) is 25.1 Å². The fourth-order valence-electron chi connectivity index (χ4n) is 5.77. The first-order valence-electron chi connectivity index (χ1n) is 12.6. The molecule has 1 aliphatic heterocycles. The van der Waals surface area contributed by atoms with E-state index in [1.54, 1.807) is 6.92 Å². The van der Waals surface area contributed by atoms with Crippen LogP contribution in [0, 0.1) is 5.92 Å². The van der Waals surface area contributed by atoms with Crippen molar-refractivity contribution in [3.63, 3.8) is 0 Å². The Kier molecular flexibility index (Phi) is 5.39. The molecule has 0 unspecified atom stereocenters. The van der Waals surface area contributed by atoms with Crippen LogP contribution in [0.1, 0.15) is 69.7 Å². The Bertz CT molecular complexity index is 1420. The largest absolute Gasteiger partial charge is 0.338 e. The van der Waals surface area contributed by atoms with E-state index in [2.05, 4.69) is 45.8 Å². The highest BCUT2D eigenvalue weighted by atomic mass is 16.2. The van der Waals surface area contributed by atoms with Gasteiger partial charge in [0.2, 0.25) is 11.9 Å². The summed E-state index contributed by atoms with van der Waals surface area (Å²) in [6, 6.07) is 6.49. The molecule has 1 atom stereocenters. The first kappa shape index (κ1) is 21.9. The number of hydrogen-bond donors (Lipinski definition) is 1. The number of rotatable bonds is 3. The molecule has 8 heteroatoms. The van der Waals surface area contributed by atoms with E-state index >= 15 is 0 Å². The highest BCUT2D eigenvalue weighted by Crippen LogP contribution is 2.38. The van der Waals surface area contributed by atoms with Gasteiger partial charge in [0.05, 0.1) is 17.4 Å². The van der Waals surface area contributed by atoms with Crippen molar-refractivity contribution in [2.75, 3.05) is 11.9 Å². The molecule has 1 N–H and O–H groups in total. The smallest absolute Gasteiger partial charge is 0.230 e. The highest BCUT2D eigenvalue weighted by molar-refractivity contribution is 6.06. The Morgan fingerprint density at radius 3 is 2.66 bits per heavy atom. The first-order valence-corrected chi connectivity index (χ1v) is 12.6. The monoisotopic (exact) mass is 469 g/mol. The van der Waals surface area contributed by atoms with Gasteiger partial charge in [-0.25, -0.2) is 9.97 Å². The molecule has 0 saturated heterocycles. The molecule has 2 aliphatic rings. The molecule has 4 aromatic heterocycles. The molecule has 0 spiro atoms. The molecule has 8 nitrogen and oxygen atoms in total. The van der Waals surface area contributed by atoms with Gasteiger partial charge in [0.25, 0.3) is 0 Å². The van der Waals surface area contributed by atoms with Crippen LogP contribution in [0.2, 0.25) is 0 Å². The second kappa shape index (κ2) is 8.59. The lowest BCUT2D eigenvalue weighted by Crippen LogP contribution is -2.36. The molecule has 180 valence electrons. The standard InChI is InChI=1S/C27H31N7O/c1-16-4-7-20(8-5-16)34-23-13-28-11-10-21(23)22-12-29-27(32-26(22)34)31-24-9-6-19-15-33(18(3)35)14-17(2)25(19)30-24/h6,9-13,16-17,20H,4-5,7-8,14-15H2,1-3H3,(H,29,30,31,32)/t16?,17-,20?/m0/s1. The second-order valence-electron chi connectivity index (χ2n) is 10.3. The fraction of sp³-hybridized carbons (Fsp3) is 0.444. The van der Waals surface area contributed by atoms with Crippen LogP contribution in [0.5, 0.6) is 0 Å². The summed E-state index contributed by atoms with van der Waals surface area (Å²) >= 11 is 0. The van der Waals surface area contributed by atoms with Crippen LogP contribution in [0.4, 0.5) is 11.8 Å². The van der Waals surface area contributed by atoms with E-state index in [1.165, 1.54) is 12.8 Å². The Hall–Kier alpha value is -3.55. The maximum atomic E-state index is 11.9. The number of carbonyl (C=O) groups excluding carboxylic acids is 1. The lowest BCUT2D eigenvalue weighted by atomic mass is 9.87. The first-order chi connectivity index (χ1) is 17.0. The summed E-state index contributed by atoms with van der Waals surface area (Å²) in [5.74, 6) is 2.33. The van der Waals surface area contributed by atoms with Gasteiger partial charge in [0.1, 0.15) is 11.5 Å². The van der Waals surface area contributed by atoms with E-state index in [-0.39, 0.29) is 11.8 Å². The number of pyridine rings is 2. The Morgan fingerprint density at radius 1 is 1.03 bits per heavy atom. The zero-order chi connectivity index (χ0) is 24.1. The van der Waals surface area contributed by atoms with Gasteiger partial charge >= 0.3 is 0 Å². The zero-order valence-electron chi connectivity index (χ0n) is 20.5. The van der Waals surface area contributed by atoms with Crippen molar-refractivity contribution in [3.8, 4) is 0 Å². The zero-order valence-corrected chi connectivity index (χ0v) is 20.5. The average Bonchev–Trinajstić information content (AvgIpc) is 3.18. The molecule has 5 heterocycles. The van der Waals surface area contributed by atoms with Crippen molar-refractivity contribution >= 4 is 39.6 Å². The van der Waals surface area contributed by atoms with Crippen LogP contribution in [-0.4, -0.2) is 41.9 Å². The molecular weight excluding hydrogens is 438 g/mol. The lowest BCUT2D eigenvalue weighted by Gasteiger charge is -2.31. The van der Waals surface area contributed by atoms with E-state index in [0.717, 1.165) is 57.8 Å². The minimum absolute atomic E-state index is 0.101. The molecule has 1 fully saturated rings. The minimum atomic E-state index is 0.101. The van der Waals surface area contributed by atoms with Gasteiger partial charge in [-0.15, -0.1) is 0 Å². The summed E-state index contributed by atoms with van der Waals surface area (Å²) in [5.41, 5.74) is 4.21. The predicted molar refractivity (Wildman–Crippen MR) is 137 cm³/mol.